The molecule has 4 aromatic rings. The van der Waals surface area contributed by atoms with E-state index < -0.39 is 35.6 Å². The highest BCUT2D eigenvalue weighted by Crippen LogP contribution is 2.68. The van der Waals surface area contributed by atoms with Crippen LogP contribution in [0.1, 0.15) is 150 Å². The minimum atomic E-state index is -1.33. The molecule has 12 rings (SSSR count). The second-order valence-electron chi connectivity index (χ2n) is 26.2. The number of hydrogen-bond donors (Lipinski definition) is 9. The van der Waals surface area contributed by atoms with Crippen LogP contribution in [0.3, 0.4) is 0 Å². The number of dihydropyridines is 1. The number of rotatable bonds is 15. The van der Waals surface area contributed by atoms with Gasteiger partial charge in [0.15, 0.2) is 17.3 Å². The Labute approximate surface area is 473 Å². The molecule has 426 valence electrons. The minimum Gasteiger partial charge on any atom is -0.504 e. The van der Waals surface area contributed by atoms with E-state index in [4.69, 9.17) is 10.5 Å². The van der Waals surface area contributed by atoms with E-state index in [1.54, 1.807) is 12.1 Å². The molecular formula is C68H87N5O7. The Morgan fingerprint density at radius 1 is 0.900 bits per heavy atom. The zero-order valence-corrected chi connectivity index (χ0v) is 47.7. The maximum absolute atomic E-state index is 15.3. The molecule has 0 radical (unpaired) electrons. The Morgan fingerprint density at radius 3 is 2.49 bits per heavy atom. The van der Waals surface area contributed by atoms with E-state index >= 15 is 4.79 Å². The third-order valence-corrected chi connectivity index (χ3v) is 22.0. The monoisotopic (exact) mass is 1090 g/mol. The Morgan fingerprint density at radius 2 is 1.70 bits per heavy atom. The van der Waals surface area contributed by atoms with E-state index in [9.17, 15) is 25.2 Å². The molecule has 0 unspecified atom stereocenters. The van der Waals surface area contributed by atoms with Gasteiger partial charge >= 0.3 is 0 Å². The van der Waals surface area contributed by atoms with Gasteiger partial charge in [0.1, 0.15) is 11.2 Å². The molecule has 0 amide bonds. The number of Topliss-reactive ketones (excluding diaryl/α,β-unsaturated/α-hetero) is 2. The van der Waals surface area contributed by atoms with E-state index in [2.05, 4.69) is 103 Å². The van der Waals surface area contributed by atoms with Gasteiger partial charge in [0, 0.05) is 61.5 Å². The van der Waals surface area contributed by atoms with Crippen molar-refractivity contribution in [1.29, 1.82) is 0 Å². The molecule has 6 aliphatic carbocycles. The maximum atomic E-state index is 15.3. The number of fused-ring (bicyclic) bond motifs is 9. The fourth-order valence-electron chi connectivity index (χ4n) is 18.4. The molecule has 80 heavy (non-hydrogen) atoms. The molecule has 3 heterocycles. The van der Waals surface area contributed by atoms with Crippen molar-refractivity contribution in [3.63, 3.8) is 0 Å². The molecule has 0 bridgehead atoms. The molecule has 2 aliphatic heterocycles. The number of carbonyl (C=O) groups is 2. The first kappa shape index (κ1) is 55.1. The number of piperidine rings is 1. The predicted molar refractivity (Wildman–Crippen MR) is 313 cm³/mol. The molecule has 18 atom stereocenters. The van der Waals surface area contributed by atoms with Crippen LogP contribution in [0.2, 0.25) is 0 Å². The molecule has 3 aromatic carbocycles. The number of aromatic amines is 1. The normalized spacial score (nSPS) is 33.9. The average molecular weight is 1090 g/mol. The number of ketones is 2. The van der Waals surface area contributed by atoms with Gasteiger partial charge in [0.25, 0.3) is 0 Å². The summed E-state index contributed by atoms with van der Waals surface area (Å²) in [6.07, 6.45) is 7.69. The Balaban J connectivity index is 0.899. The van der Waals surface area contributed by atoms with Gasteiger partial charge in [-0.3, -0.25) is 9.59 Å². The van der Waals surface area contributed by atoms with Crippen molar-refractivity contribution < 1.29 is 34.8 Å². The number of H-pyrrole nitrogens is 1. The zero-order valence-electron chi connectivity index (χ0n) is 47.7. The topological polar surface area (TPSA) is 202 Å². The van der Waals surface area contributed by atoms with Gasteiger partial charge < -0.3 is 51.8 Å². The number of aromatic nitrogens is 1. The van der Waals surface area contributed by atoms with E-state index in [1.807, 2.05) is 18.2 Å². The first-order valence-electron chi connectivity index (χ1n) is 30.8. The Hall–Kier alpha value is -5.42. The molecule has 1 aromatic heterocycles. The van der Waals surface area contributed by atoms with Crippen molar-refractivity contribution in [3.05, 3.63) is 118 Å². The highest BCUT2D eigenvalue weighted by molar-refractivity contribution is 5.89. The van der Waals surface area contributed by atoms with Crippen LogP contribution in [-0.4, -0.2) is 94.6 Å². The summed E-state index contributed by atoms with van der Waals surface area (Å²) in [5.74, 6) is 10.2. The summed E-state index contributed by atoms with van der Waals surface area (Å²) in [7, 11) is 1.52. The molecule has 8 aliphatic rings. The predicted octanol–water partition coefficient (Wildman–Crippen LogP) is 9.25. The van der Waals surface area contributed by atoms with E-state index in [1.165, 1.54) is 23.9 Å². The van der Waals surface area contributed by atoms with Crippen LogP contribution in [0, 0.1) is 76.4 Å². The number of hydrogen-bond acceptors (Lipinski definition) is 11. The van der Waals surface area contributed by atoms with Gasteiger partial charge in [0.2, 0.25) is 0 Å². The summed E-state index contributed by atoms with van der Waals surface area (Å²) in [5.41, 5.74) is 12.7. The molecular weight excluding hydrogens is 999 g/mol. The van der Waals surface area contributed by atoms with Crippen molar-refractivity contribution in [2.24, 2.45) is 70.3 Å². The van der Waals surface area contributed by atoms with Crippen molar-refractivity contribution in [2.75, 3.05) is 33.3 Å². The number of nitrogens with one attached hydrogen (secondary N) is 4. The van der Waals surface area contributed by atoms with Gasteiger partial charge in [0.05, 0.1) is 31.2 Å². The highest BCUT2D eigenvalue weighted by Gasteiger charge is 2.65. The number of methoxy groups -OCH3 is 1. The van der Waals surface area contributed by atoms with E-state index in [-0.39, 0.29) is 54.1 Å². The SMILES string of the molecule is CCNC[C@H]1[C@H]2c3[nH]ccc3[C@H]3CC(=O)C[C@@H]4NC[C@H]([C@H]5CC[C@@H]6[C@H](CC[C@]7(C#C[C@H](C[C@H](O)[C@H](O)[C@H](CCC(C)C)[C@@H](C8=C(CC)CNC(N)=C8)c8ccc9ccccc9c8)c8cc(O)c(OC)cc8CCC7=O)[C@@H]6O)[C@@H]51)[C@H]2[C@@H]43. The van der Waals surface area contributed by atoms with Crippen LogP contribution in [0.5, 0.6) is 11.5 Å². The second kappa shape index (κ2) is 22.4. The molecule has 12 heteroatoms. The van der Waals surface area contributed by atoms with Gasteiger partial charge in [-0.25, -0.2) is 0 Å². The smallest absolute Gasteiger partial charge is 0.160 e. The number of benzene rings is 3. The van der Waals surface area contributed by atoms with Gasteiger partial charge in [-0.15, -0.1) is 0 Å². The summed E-state index contributed by atoms with van der Waals surface area (Å²) in [6.45, 7) is 12.0. The number of aryl methyl sites for hydroxylation is 1. The summed E-state index contributed by atoms with van der Waals surface area (Å²) in [5, 5.41) is 64.1. The maximum Gasteiger partial charge on any atom is 0.160 e. The number of aromatic hydroxyl groups is 1. The van der Waals surface area contributed by atoms with Crippen molar-refractivity contribution in [2.45, 2.75) is 153 Å². The van der Waals surface area contributed by atoms with Crippen LogP contribution in [0.15, 0.2) is 89.9 Å². The number of aliphatic hydroxyl groups is 3. The summed E-state index contributed by atoms with van der Waals surface area (Å²) < 4.78 is 5.66. The Bertz CT molecular complexity index is 3110. The Kier molecular flexibility index (Phi) is 15.4. The number of phenols is 1. The van der Waals surface area contributed by atoms with E-state index in [0.717, 1.165) is 79.2 Å². The molecule has 10 N–H and O–H groups in total. The van der Waals surface area contributed by atoms with Crippen molar-refractivity contribution >= 4 is 22.3 Å². The first-order chi connectivity index (χ1) is 38.7. The molecule has 4 saturated carbocycles. The number of nitrogens with two attached hydrogens (primary N) is 1. The van der Waals surface area contributed by atoms with Gasteiger partial charge in [-0.05, 0) is 205 Å². The summed E-state index contributed by atoms with van der Waals surface area (Å²) in [6, 6.07) is 20.8. The second-order valence-corrected chi connectivity index (χ2v) is 26.2. The van der Waals surface area contributed by atoms with Crippen LogP contribution in [0.25, 0.3) is 10.8 Å². The van der Waals surface area contributed by atoms with Crippen LogP contribution in [0.4, 0.5) is 0 Å². The lowest BCUT2D eigenvalue weighted by Gasteiger charge is -2.66. The molecule has 1 saturated heterocycles. The largest absolute Gasteiger partial charge is 0.504 e. The quantitative estimate of drug-likeness (QED) is 0.0514. The molecule has 12 nitrogen and oxygen atoms in total. The minimum absolute atomic E-state index is 0.0344. The van der Waals surface area contributed by atoms with Crippen molar-refractivity contribution in [1.82, 2.24) is 20.9 Å². The highest BCUT2D eigenvalue weighted by atomic mass is 16.5. The zero-order chi connectivity index (χ0) is 55.7. The number of carbonyl (C=O) groups excluding carboxylic acids is 2. The standard InChI is InChI=1S/C68H87N5O7/c1-6-37-33-73-59(69)32-50(37)60(42-14-13-38-10-8-9-11-39(38)26-42)48(16-12-36(3)4)66(78)56(76)27-41-20-23-68(58(77)19-15-40-28-57(80-5)55(75)31-49(40)41)24-21-45-47(67(68)79)18-17-44-52-35-72-54-30-43(74)29-51-46-22-25-71-65(46)64(63(52)62(51)54)53(61(44)45)34-70-7-2/h8-11,13-14,22,25-26,28,31-32,36,41,44-45,47-48,51-54,56,60-64,66-67,70-73,75-76,78-79H,6-7,12,15-19,21,24,27,29-30,33-35,69H2,1-5H3/t41-,44-,45+,47-,48-,51-,52-,53-,54+,56+,60+,61-,62-,63+,64-,66-,67-,68+/m1/s1. The van der Waals surface area contributed by atoms with Crippen LogP contribution < -0.4 is 26.4 Å². The number of aliphatic hydroxyl groups excluding tert-OH is 3. The fourth-order valence-corrected chi connectivity index (χ4v) is 18.4. The number of ether oxygens (including phenoxy) is 1. The van der Waals surface area contributed by atoms with Gasteiger partial charge in [-0.2, -0.15) is 0 Å². The summed E-state index contributed by atoms with van der Waals surface area (Å²) >= 11 is 0. The van der Waals surface area contributed by atoms with Crippen molar-refractivity contribution in [3.8, 4) is 23.3 Å². The average Bonchev–Trinajstić information content (AvgIpc) is 2.11. The van der Waals surface area contributed by atoms with E-state index in [0.29, 0.717) is 109 Å². The number of phenolic OH excluding ortho intramolecular Hbond substituents is 1. The lowest BCUT2D eigenvalue weighted by atomic mass is 9.40. The van der Waals surface area contributed by atoms with Crippen LogP contribution in [-0.2, 0) is 16.0 Å². The fraction of sp³-hybridized carbons (Fsp3) is 0.588. The van der Waals surface area contributed by atoms with Gasteiger partial charge in [-0.1, -0.05) is 88.4 Å². The molecule has 1 spiro atoms. The third-order valence-electron chi connectivity index (χ3n) is 22.0. The third kappa shape index (κ3) is 9.53. The lowest BCUT2D eigenvalue weighted by molar-refractivity contribution is -0.165. The number of allylic oxidation sites excluding steroid dienone is 2. The summed E-state index contributed by atoms with van der Waals surface area (Å²) in [4.78, 5) is 32.4. The van der Waals surface area contributed by atoms with Crippen LogP contribution >= 0.6 is 0 Å². The first-order valence-corrected chi connectivity index (χ1v) is 30.8. The lowest BCUT2D eigenvalue weighted by Crippen LogP contribution is -2.67. The molecule has 5 fully saturated rings.